The van der Waals surface area contributed by atoms with Gasteiger partial charge < -0.3 is 9.47 Å². The summed E-state index contributed by atoms with van der Waals surface area (Å²) in [6.45, 7) is 4.15. The van der Waals surface area contributed by atoms with Gasteiger partial charge in [-0.15, -0.1) is 0 Å². The largest absolute Gasteiger partial charge is 0.353 e. The lowest BCUT2D eigenvalue weighted by Crippen LogP contribution is -2.28. The van der Waals surface area contributed by atoms with Crippen LogP contribution in [0.4, 0.5) is 0 Å². The first kappa shape index (κ1) is 17.7. The highest BCUT2D eigenvalue weighted by atomic mass is 16.7. The average molecular weight is 323 g/mol. The van der Waals surface area contributed by atoms with E-state index in [1.54, 1.807) is 0 Å². The van der Waals surface area contributed by atoms with Crippen molar-refractivity contribution in [1.29, 1.82) is 0 Å². The van der Waals surface area contributed by atoms with Crippen molar-refractivity contribution in [2.75, 3.05) is 13.2 Å². The van der Waals surface area contributed by atoms with E-state index in [4.69, 9.17) is 9.47 Å². The maximum atomic E-state index is 5.69. The Kier molecular flexibility index (Phi) is 7.26. The molecule has 3 aliphatic rings. The zero-order chi connectivity index (χ0) is 15.9. The second-order valence-electron chi connectivity index (χ2n) is 8.45. The first-order valence-corrected chi connectivity index (χ1v) is 10.6. The summed E-state index contributed by atoms with van der Waals surface area (Å²) < 4.78 is 11.4. The fraction of sp³-hybridized carbons (Fsp3) is 1.00. The van der Waals surface area contributed by atoms with Gasteiger partial charge in [0.15, 0.2) is 6.29 Å². The summed E-state index contributed by atoms with van der Waals surface area (Å²) in [5.74, 6) is 4.12. The molecule has 0 bridgehead atoms. The topological polar surface area (TPSA) is 18.5 Å². The third-order valence-corrected chi connectivity index (χ3v) is 6.85. The second-order valence-corrected chi connectivity index (χ2v) is 8.45. The molecule has 0 N–H and O–H groups in total. The molecule has 2 heteroatoms. The Morgan fingerprint density at radius 1 is 0.652 bits per heavy atom. The van der Waals surface area contributed by atoms with E-state index in [1.165, 1.54) is 70.6 Å². The molecule has 134 valence electrons. The van der Waals surface area contributed by atoms with E-state index in [1.807, 2.05) is 0 Å². The van der Waals surface area contributed by atoms with Crippen LogP contribution in [0.25, 0.3) is 0 Å². The van der Waals surface area contributed by atoms with Gasteiger partial charge in [0.25, 0.3) is 0 Å². The molecular formula is C21H38O2. The lowest BCUT2D eigenvalue weighted by atomic mass is 9.68. The Balaban J connectivity index is 1.31. The standard InChI is InChI=1S/C21H38O2/c1-2-4-17-5-10-19(11-6-17)20-12-7-18(8-13-20)9-14-21-22-15-3-16-23-21/h17-21H,2-16H2,1H3. The summed E-state index contributed by atoms with van der Waals surface area (Å²) in [4.78, 5) is 0. The van der Waals surface area contributed by atoms with Gasteiger partial charge in [0.05, 0.1) is 13.2 Å². The molecule has 0 aromatic carbocycles. The fourth-order valence-corrected chi connectivity index (χ4v) is 5.38. The van der Waals surface area contributed by atoms with Crippen molar-refractivity contribution < 1.29 is 9.47 Å². The van der Waals surface area contributed by atoms with Crippen molar-refractivity contribution >= 4 is 0 Å². The van der Waals surface area contributed by atoms with Crippen molar-refractivity contribution in [2.24, 2.45) is 23.7 Å². The van der Waals surface area contributed by atoms with Crippen molar-refractivity contribution in [1.82, 2.24) is 0 Å². The number of ether oxygens (including phenoxy) is 2. The summed E-state index contributed by atoms with van der Waals surface area (Å²) in [5, 5.41) is 0. The summed E-state index contributed by atoms with van der Waals surface area (Å²) in [7, 11) is 0. The van der Waals surface area contributed by atoms with Gasteiger partial charge in [0, 0.05) is 0 Å². The van der Waals surface area contributed by atoms with Crippen LogP contribution in [0.5, 0.6) is 0 Å². The SMILES string of the molecule is CCCC1CCC(C2CCC(CCC3OCCCO3)CC2)CC1. The monoisotopic (exact) mass is 322 g/mol. The third kappa shape index (κ3) is 5.46. The fourth-order valence-electron chi connectivity index (χ4n) is 5.38. The minimum atomic E-state index is 0.107. The summed E-state index contributed by atoms with van der Waals surface area (Å²) in [6, 6.07) is 0. The number of hydrogen-bond acceptors (Lipinski definition) is 2. The normalized spacial score (nSPS) is 36.9. The van der Waals surface area contributed by atoms with Crippen LogP contribution >= 0.6 is 0 Å². The van der Waals surface area contributed by atoms with Crippen LogP contribution < -0.4 is 0 Å². The van der Waals surface area contributed by atoms with Gasteiger partial charge in [-0.1, -0.05) is 45.4 Å². The molecule has 0 amide bonds. The molecule has 3 rings (SSSR count). The Hall–Kier alpha value is -0.0800. The molecule has 0 aromatic heterocycles. The van der Waals surface area contributed by atoms with E-state index >= 15 is 0 Å². The highest BCUT2D eigenvalue weighted by molar-refractivity contribution is 4.82. The Bertz CT molecular complexity index is 308. The van der Waals surface area contributed by atoms with E-state index in [9.17, 15) is 0 Å². The van der Waals surface area contributed by atoms with Crippen LogP contribution in [0.15, 0.2) is 0 Å². The predicted molar refractivity (Wildman–Crippen MR) is 95.3 cm³/mol. The second kappa shape index (κ2) is 9.42. The van der Waals surface area contributed by atoms with Gasteiger partial charge in [0.1, 0.15) is 0 Å². The molecule has 0 spiro atoms. The maximum Gasteiger partial charge on any atom is 0.157 e. The van der Waals surface area contributed by atoms with Crippen molar-refractivity contribution in [3.8, 4) is 0 Å². The summed E-state index contributed by atoms with van der Waals surface area (Å²) >= 11 is 0. The van der Waals surface area contributed by atoms with Crippen LogP contribution in [0.3, 0.4) is 0 Å². The molecule has 23 heavy (non-hydrogen) atoms. The van der Waals surface area contributed by atoms with Gasteiger partial charge >= 0.3 is 0 Å². The summed E-state index contributed by atoms with van der Waals surface area (Å²) in [6.07, 6.45) is 18.5. The smallest absolute Gasteiger partial charge is 0.157 e. The molecular weight excluding hydrogens is 284 g/mol. The number of rotatable bonds is 6. The maximum absolute atomic E-state index is 5.69. The molecule has 0 atom stereocenters. The van der Waals surface area contributed by atoms with Gasteiger partial charge in [-0.25, -0.2) is 0 Å². The molecule has 1 aliphatic heterocycles. The van der Waals surface area contributed by atoms with Crippen LogP contribution in [0.1, 0.15) is 90.4 Å². The molecule has 3 fully saturated rings. The Morgan fingerprint density at radius 2 is 1.17 bits per heavy atom. The van der Waals surface area contributed by atoms with E-state index in [2.05, 4.69) is 6.92 Å². The highest BCUT2D eigenvalue weighted by Gasteiger charge is 2.30. The lowest BCUT2D eigenvalue weighted by Gasteiger charge is -2.38. The first-order chi connectivity index (χ1) is 11.3. The Morgan fingerprint density at radius 3 is 1.70 bits per heavy atom. The quantitative estimate of drug-likeness (QED) is 0.602. The molecule has 1 saturated heterocycles. The predicted octanol–water partition coefficient (Wildman–Crippen LogP) is 5.94. The Labute approximate surface area is 143 Å². The molecule has 0 unspecified atom stereocenters. The minimum absolute atomic E-state index is 0.107. The molecule has 2 aliphatic carbocycles. The van der Waals surface area contributed by atoms with Crippen LogP contribution in [0.2, 0.25) is 0 Å². The molecule has 0 aromatic rings. The zero-order valence-corrected chi connectivity index (χ0v) is 15.3. The highest BCUT2D eigenvalue weighted by Crippen LogP contribution is 2.43. The van der Waals surface area contributed by atoms with E-state index in [-0.39, 0.29) is 6.29 Å². The van der Waals surface area contributed by atoms with Crippen molar-refractivity contribution in [3.05, 3.63) is 0 Å². The molecule has 0 radical (unpaired) electrons. The molecule has 2 nitrogen and oxygen atoms in total. The van der Waals surface area contributed by atoms with Crippen molar-refractivity contribution in [2.45, 2.75) is 96.7 Å². The van der Waals surface area contributed by atoms with Crippen LogP contribution in [-0.4, -0.2) is 19.5 Å². The van der Waals surface area contributed by atoms with Crippen LogP contribution in [0, 0.1) is 23.7 Å². The first-order valence-electron chi connectivity index (χ1n) is 10.6. The van der Waals surface area contributed by atoms with Gasteiger partial charge in [0.2, 0.25) is 0 Å². The van der Waals surface area contributed by atoms with E-state index in [0.29, 0.717) is 0 Å². The molecule has 2 saturated carbocycles. The zero-order valence-electron chi connectivity index (χ0n) is 15.3. The summed E-state index contributed by atoms with van der Waals surface area (Å²) in [5.41, 5.74) is 0. The third-order valence-electron chi connectivity index (χ3n) is 6.85. The molecule has 1 heterocycles. The number of hydrogen-bond donors (Lipinski definition) is 0. The van der Waals surface area contributed by atoms with Gasteiger partial charge in [-0.05, 0) is 68.6 Å². The van der Waals surface area contributed by atoms with E-state index < -0.39 is 0 Å². The van der Waals surface area contributed by atoms with E-state index in [0.717, 1.165) is 49.7 Å². The lowest BCUT2D eigenvalue weighted by molar-refractivity contribution is -0.183. The average Bonchev–Trinajstić information content (AvgIpc) is 2.62. The van der Waals surface area contributed by atoms with Gasteiger partial charge in [-0.3, -0.25) is 0 Å². The van der Waals surface area contributed by atoms with Crippen LogP contribution in [-0.2, 0) is 9.47 Å². The van der Waals surface area contributed by atoms with Crippen molar-refractivity contribution in [3.63, 3.8) is 0 Å². The van der Waals surface area contributed by atoms with Gasteiger partial charge in [-0.2, -0.15) is 0 Å². The minimum Gasteiger partial charge on any atom is -0.353 e.